The van der Waals surface area contributed by atoms with Gasteiger partial charge >= 0.3 is 0 Å². The van der Waals surface area contributed by atoms with E-state index in [1.165, 1.54) is 6.20 Å². The first-order chi connectivity index (χ1) is 7.61. The number of nitrogens with one attached hydrogen (secondary N) is 1. The predicted octanol–water partition coefficient (Wildman–Crippen LogP) is -0.762. The first-order valence-electron chi connectivity index (χ1n) is 5.11. The van der Waals surface area contributed by atoms with Crippen LogP contribution in [-0.4, -0.2) is 46.6 Å². The molecule has 1 N–H and O–H groups in total. The molecule has 1 aliphatic rings. The average molecular weight is 222 g/mol. The molecule has 1 fully saturated rings. The number of carbonyl (C=O) groups excluding carboxylic acids is 2. The van der Waals surface area contributed by atoms with Gasteiger partial charge in [-0.25, -0.2) is 0 Å². The van der Waals surface area contributed by atoms with Crippen LogP contribution in [0.3, 0.4) is 0 Å². The van der Waals surface area contributed by atoms with Gasteiger partial charge in [0, 0.05) is 33.4 Å². The van der Waals surface area contributed by atoms with Crippen LogP contribution >= 0.6 is 0 Å². The van der Waals surface area contributed by atoms with Crippen LogP contribution in [0, 0.1) is 5.92 Å². The fourth-order valence-electron chi connectivity index (χ4n) is 1.73. The standard InChI is InChI=1S/C10H14N4O2/c1-11-9(15)8-5-14(6-8)10(16)7-3-12-13(2)4-7/h3-4,8H,5-6H2,1-2H3,(H,11,15). The summed E-state index contributed by atoms with van der Waals surface area (Å²) < 4.78 is 1.59. The molecule has 1 saturated heterocycles. The molecular weight excluding hydrogens is 208 g/mol. The summed E-state index contributed by atoms with van der Waals surface area (Å²) >= 11 is 0. The number of amides is 2. The van der Waals surface area contributed by atoms with Gasteiger partial charge in [-0.3, -0.25) is 14.3 Å². The van der Waals surface area contributed by atoms with Crippen molar-refractivity contribution in [3.63, 3.8) is 0 Å². The van der Waals surface area contributed by atoms with E-state index in [-0.39, 0.29) is 17.7 Å². The van der Waals surface area contributed by atoms with Crippen LogP contribution in [-0.2, 0) is 11.8 Å². The van der Waals surface area contributed by atoms with Gasteiger partial charge in [0.2, 0.25) is 5.91 Å². The maximum absolute atomic E-state index is 11.8. The predicted molar refractivity (Wildman–Crippen MR) is 56.7 cm³/mol. The van der Waals surface area contributed by atoms with Crippen LogP contribution in [0.15, 0.2) is 12.4 Å². The van der Waals surface area contributed by atoms with E-state index >= 15 is 0 Å². The third-order valence-electron chi connectivity index (χ3n) is 2.74. The lowest BCUT2D eigenvalue weighted by Crippen LogP contribution is -2.55. The van der Waals surface area contributed by atoms with Gasteiger partial charge in [0.15, 0.2) is 0 Å². The van der Waals surface area contributed by atoms with E-state index in [1.807, 2.05) is 0 Å². The van der Waals surface area contributed by atoms with Crippen LogP contribution in [0.5, 0.6) is 0 Å². The number of nitrogens with zero attached hydrogens (tertiary/aromatic N) is 3. The Morgan fingerprint density at radius 2 is 2.19 bits per heavy atom. The molecule has 0 saturated carbocycles. The number of rotatable bonds is 2. The van der Waals surface area contributed by atoms with E-state index in [0.717, 1.165) is 0 Å². The average Bonchev–Trinajstić information content (AvgIpc) is 2.62. The minimum atomic E-state index is -0.0642. The zero-order valence-electron chi connectivity index (χ0n) is 9.30. The third kappa shape index (κ3) is 1.78. The molecule has 2 heterocycles. The monoisotopic (exact) mass is 222 g/mol. The summed E-state index contributed by atoms with van der Waals surface area (Å²) in [6.07, 6.45) is 3.21. The fraction of sp³-hybridized carbons (Fsp3) is 0.500. The molecule has 2 amide bonds. The van der Waals surface area contributed by atoms with Crippen LogP contribution < -0.4 is 5.32 Å². The Morgan fingerprint density at radius 1 is 1.50 bits per heavy atom. The Labute approximate surface area is 93.2 Å². The minimum Gasteiger partial charge on any atom is -0.359 e. The van der Waals surface area contributed by atoms with Gasteiger partial charge in [0.25, 0.3) is 5.91 Å². The molecule has 1 aromatic rings. The van der Waals surface area contributed by atoms with Gasteiger partial charge in [0.1, 0.15) is 0 Å². The van der Waals surface area contributed by atoms with Crippen molar-refractivity contribution in [1.82, 2.24) is 20.0 Å². The van der Waals surface area contributed by atoms with Gasteiger partial charge in [0.05, 0.1) is 17.7 Å². The van der Waals surface area contributed by atoms with Crippen molar-refractivity contribution in [1.29, 1.82) is 0 Å². The van der Waals surface area contributed by atoms with E-state index in [1.54, 1.807) is 29.9 Å². The molecular formula is C10H14N4O2. The molecule has 0 radical (unpaired) electrons. The zero-order valence-corrected chi connectivity index (χ0v) is 9.30. The Hall–Kier alpha value is -1.85. The van der Waals surface area contributed by atoms with Crippen molar-refractivity contribution in [2.75, 3.05) is 20.1 Å². The second-order valence-corrected chi connectivity index (χ2v) is 3.92. The largest absolute Gasteiger partial charge is 0.359 e. The highest BCUT2D eigenvalue weighted by Gasteiger charge is 2.35. The molecule has 0 aromatic carbocycles. The highest BCUT2D eigenvalue weighted by atomic mass is 16.2. The summed E-state index contributed by atoms with van der Waals surface area (Å²) in [5, 5.41) is 6.52. The normalized spacial score (nSPS) is 15.8. The molecule has 6 nitrogen and oxygen atoms in total. The highest BCUT2D eigenvalue weighted by molar-refractivity contribution is 5.95. The van der Waals surface area contributed by atoms with Crippen LogP contribution in [0.25, 0.3) is 0 Å². The molecule has 86 valence electrons. The minimum absolute atomic E-state index is 0.00441. The van der Waals surface area contributed by atoms with Gasteiger partial charge in [-0.05, 0) is 0 Å². The topological polar surface area (TPSA) is 67.2 Å². The van der Waals surface area contributed by atoms with E-state index in [0.29, 0.717) is 18.7 Å². The lowest BCUT2D eigenvalue weighted by atomic mass is 9.98. The zero-order chi connectivity index (χ0) is 11.7. The number of hydrogen-bond acceptors (Lipinski definition) is 3. The number of likely N-dealkylation sites (tertiary alicyclic amines) is 1. The smallest absolute Gasteiger partial charge is 0.257 e. The summed E-state index contributed by atoms with van der Waals surface area (Å²) in [7, 11) is 3.37. The summed E-state index contributed by atoms with van der Waals surface area (Å²) in [4.78, 5) is 24.7. The molecule has 0 aliphatic carbocycles. The number of hydrogen-bond donors (Lipinski definition) is 1. The molecule has 0 spiro atoms. The molecule has 0 atom stereocenters. The van der Waals surface area contributed by atoms with E-state index < -0.39 is 0 Å². The van der Waals surface area contributed by atoms with Crippen molar-refractivity contribution in [3.8, 4) is 0 Å². The van der Waals surface area contributed by atoms with Crippen molar-refractivity contribution in [2.24, 2.45) is 13.0 Å². The van der Waals surface area contributed by atoms with Crippen LogP contribution in [0.2, 0.25) is 0 Å². The molecule has 1 aromatic heterocycles. The fourth-order valence-corrected chi connectivity index (χ4v) is 1.73. The Balaban J connectivity index is 1.93. The van der Waals surface area contributed by atoms with Crippen LogP contribution in [0.1, 0.15) is 10.4 Å². The van der Waals surface area contributed by atoms with Crippen molar-refractivity contribution < 1.29 is 9.59 Å². The second-order valence-electron chi connectivity index (χ2n) is 3.92. The molecule has 6 heteroatoms. The molecule has 1 aliphatic heterocycles. The van der Waals surface area contributed by atoms with E-state index in [9.17, 15) is 9.59 Å². The Morgan fingerprint density at radius 3 is 2.69 bits per heavy atom. The molecule has 0 bridgehead atoms. The van der Waals surface area contributed by atoms with Gasteiger partial charge in [-0.15, -0.1) is 0 Å². The van der Waals surface area contributed by atoms with Gasteiger partial charge < -0.3 is 10.2 Å². The summed E-state index contributed by atoms with van der Waals surface area (Å²) in [6.45, 7) is 0.987. The highest BCUT2D eigenvalue weighted by Crippen LogP contribution is 2.18. The number of aromatic nitrogens is 2. The summed E-state index contributed by atoms with van der Waals surface area (Å²) in [6, 6.07) is 0. The van der Waals surface area contributed by atoms with Crippen molar-refractivity contribution in [3.05, 3.63) is 18.0 Å². The summed E-state index contributed by atoms with van der Waals surface area (Å²) in [5.74, 6) is -0.130. The molecule has 2 rings (SSSR count). The van der Waals surface area contributed by atoms with E-state index in [2.05, 4.69) is 10.4 Å². The maximum atomic E-state index is 11.8. The van der Waals surface area contributed by atoms with Crippen molar-refractivity contribution >= 4 is 11.8 Å². The quantitative estimate of drug-likeness (QED) is 0.715. The first-order valence-corrected chi connectivity index (χ1v) is 5.11. The van der Waals surface area contributed by atoms with Gasteiger partial charge in [-0.1, -0.05) is 0 Å². The maximum Gasteiger partial charge on any atom is 0.257 e. The molecule has 0 unspecified atom stereocenters. The SMILES string of the molecule is CNC(=O)C1CN(C(=O)c2cnn(C)c2)C1. The Bertz CT molecular complexity index is 420. The Kier molecular flexibility index (Phi) is 2.64. The molecule has 16 heavy (non-hydrogen) atoms. The van der Waals surface area contributed by atoms with Gasteiger partial charge in [-0.2, -0.15) is 5.10 Å². The lowest BCUT2D eigenvalue weighted by Gasteiger charge is -2.37. The summed E-state index contributed by atoms with van der Waals surface area (Å²) in [5.41, 5.74) is 0.567. The lowest BCUT2D eigenvalue weighted by molar-refractivity contribution is -0.128. The number of carbonyl (C=O) groups is 2. The number of aryl methyl sites for hydroxylation is 1. The first kappa shape index (κ1) is 10.7. The van der Waals surface area contributed by atoms with Crippen molar-refractivity contribution in [2.45, 2.75) is 0 Å². The third-order valence-corrected chi connectivity index (χ3v) is 2.74. The second kappa shape index (κ2) is 3.96. The van der Waals surface area contributed by atoms with E-state index in [4.69, 9.17) is 0 Å². The van der Waals surface area contributed by atoms with Crippen LogP contribution in [0.4, 0.5) is 0 Å².